The number of sulfone groups is 1. The molecule has 20 heavy (non-hydrogen) atoms. The van der Waals surface area contributed by atoms with Crippen LogP contribution in [0.4, 0.5) is 0 Å². The average Bonchev–Trinajstić information content (AvgIpc) is 2.76. The highest BCUT2D eigenvalue weighted by molar-refractivity contribution is 7.91. The zero-order valence-electron chi connectivity index (χ0n) is 10.7. The summed E-state index contributed by atoms with van der Waals surface area (Å²) in [6, 6.07) is 4.77. The minimum atomic E-state index is -3.08. The number of amides is 2. The topological polar surface area (TPSA) is 105 Å². The van der Waals surface area contributed by atoms with Crippen LogP contribution in [0.25, 0.3) is 0 Å². The molecule has 1 aromatic rings. The summed E-state index contributed by atoms with van der Waals surface area (Å²) >= 11 is 0. The molecule has 0 spiro atoms. The first-order valence-corrected chi connectivity index (χ1v) is 7.97. The van der Waals surface area contributed by atoms with Gasteiger partial charge in [0.05, 0.1) is 23.7 Å². The molecule has 1 saturated heterocycles. The van der Waals surface area contributed by atoms with Crippen LogP contribution in [0.2, 0.25) is 0 Å². The van der Waals surface area contributed by atoms with Gasteiger partial charge in [-0.25, -0.2) is 8.42 Å². The van der Waals surface area contributed by atoms with Gasteiger partial charge in [0.1, 0.15) is 0 Å². The third-order valence-electron chi connectivity index (χ3n) is 2.93. The van der Waals surface area contributed by atoms with Crippen LogP contribution >= 0.6 is 0 Å². The first-order chi connectivity index (χ1) is 9.46. The highest BCUT2D eigenvalue weighted by atomic mass is 32.2. The van der Waals surface area contributed by atoms with E-state index >= 15 is 0 Å². The van der Waals surface area contributed by atoms with Gasteiger partial charge in [-0.1, -0.05) is 6.07 Å². The van der Waals surface area contributed by atoms with E-state index in [0.717, 1.165) is 0 Å². The van der Waals surface area contributed by atoms with Crippen LogP contribution in [0.3, 0.4) is 0 Å². The fourth-order valence-corrected chi connectivity index (χ4v) is 3.59. The molecule has 0 aromatic carbocycles. The number of pyridine rings is 1. The normalized spacial score (nSPS) is 20.3. The Hall–Kier alpha value is -1.96. The molecule has 1 unspecified atom stereocenters. The minimum Gasteiger partial charge on any atom is -0.344 e. The lowest BCUT2D eigenvalue weighted by Gasteiger charge is -2.10. The molecule has 0 radical (unpaired) electrons. The number of hydrogen-bond donors (Lipinski definition) is 2. The molecule has 1 aromatic heterocycles. The number of nitrogens with one attached hydrogen (secondary N) is 2. The SMILES string of the molecule is O=C(NCc1ccccn1)C(=O)NC1CCS(=O)(=O)C1. The highest BCUT2D eigenvalue weighted by Crippen LogP contribution is 2.10. The largest absolute Gasteiger partial charge is 0.344 e. The van der Waals surface area contributed by atoms with E-state index in [4.69, 9.17) is 0 Å². The van der Waals surface area contributed by atoms with Gasteiger partial charge in [0, 0.05) is 12.2 Å². The van der Waals surface area contributed by atoms with Gasteiger partial charge in [-0.15, -0.1) is 0 Å². The molecule has 2 N–H and O–H groups in total. The zero-order valence-corrected chi connectivity index (χ0v) is 11.5. The van der Waals surface area contributed by atoms with Crippen molar-refractivity contribution in [2.24, 2.45) is 0 Å². The second-order valence-corrected chi connectivity index (χ2v) is 6.81. The maximum absolute atomic E-state index is 11.6. The molecule has 2 amide bonds. The molecular formula is C12H15N3O4S. The monoisotopic (exact) mass is 297 g/mol. The van der Waals surface area contributed by atoms with Gasteiger partial charge in [-0.2, -0.15) is 0 Å². The first kappa shape index (κ1) is 14.4. The number of carbonyl (C=O) groups is 2. The van der Waals surface area contributed by atoms with Gasteiger partial charge in [-0.05, 0) is 18.6 Å². The Kier molecular flexibility index (Phi) is 4.33. The molecule has 0 aliphatic carbocycles. The van der Waals surface area contributed by atoms with Crippen molar-refractivity contribution in [1.82, 2.24) is 15.6 Å². The summed E-state index contributed by atoms with van der Waals surface area (Å²) < 4.78 is 22.5. The lowest BCUT2D eigenvalue weighted by molar-refractivity contribution is -0.139. The maximum Gasteiger partial charge on any atom is 0.309 e. The average molecular weight is 297 g/mol. The number of nitrogens with zero attached hydrogens (tertiary/aromatic N) is 1. The van der Waals surface area contributed by atoms with Crippen molar-refractivity contribution in [2.75, 3.05) is 11.5 Å². The lowest BCUT2D eigenvalue weighted by Crippen LogP contribution is -2.44. The Balaban J connectivity index is 1.79. The summed E-state index contributed by atoms with van der Waals surface area (Å²) in [6.45, 7) is 0.149. The van der Waals surface area contributed by atoms with Crippen molar-refractivity contribution in [3.05, 3.63) is 30.1 Å². The molecule has 2 heterocycles. The molecule has 2 rings (SSSR count). The molecule has 0 saturated carbocycles. The predicted molar refractivity (Wildman–Crippen MR) is 71.3 cm³/mol. The van der Waals surface area contributed by atoms with E-state index in [1.807, 2.05) is 0 Å². The van der Waals surface area contributed by atoms with Gasteiger partial charge < -0.3 is 10.6 Å². The smallest absolute Gasteiger partial charge is 0.309 e. The van der Waals surface area contributed by atoms with Crippen LogP contribution in [0.15, 0.2) is 24.4 Å². The second-order valence-electron chi connectivity index (χ2n) is 4.58. The van der Waals surface area contributed by atoms with E-state index in [1.165, 1.54) is 0 Å². The Labute approximate surface area is 116 Å². The summed E-state index contributed by atoms with van der Waals surface area (Å²) in [6.07, 6.45) is 1.94. The number of aromatic nitrogens is 1. The molecule has 108 valence electrons. The Bertz CT molecular complexity index is 600. The molecule has 1 aliphatic heterocycles. The molecule has 8 heteroatoms. The van der Waals surface area contributed by atoms with Crippen molar-refractivity contribution in [1.29, 1.82) is 0 Å². The first-order valence-electron chi connectivity index (χ1n) is 6.15. The zero-order chi connectivity index (χ0) is 14.6. The quantitative estimate of drug-likeness (QED) is 0.696. The third-order valence-corrected chi connectivity index (χ3v) is 4.70. The van der Waals surface area contributed by atoms with Crippen LogP contribution in [-0.2, 0) is 26.0 Å². The fourth-order valence-electron chi connectivity index (χ4n) is 1.91. The van der Waals surface area contributed by atoms with E-state index < -0.39 is 27.7 Å². The number of carbonyl (C=O) groups excluding carboxylic acids is 2. The number of hydrogen-bond acceptors (Lipinski definition) is 5. The Morgan fingerprint density at radius 3 is 2.70 bits per heavy atom. The Morgan fingerprint density at radius 2 is 2.10 bits per heavy atom. The Morgan fingerprint density at radius 1 is 1.30 bits per heavy atom. The summed E-state index contributed by atoms with van der Waals surface area (Å²) in [4.78, 5) is 27.2. The van der Waals surface area contributed by atoms with Crippen LogP contribution in [0, 0.1) is 0 Å². The van der Waals surface area contributed by atoms with E-state index in [0.29, 0.717) is 12.1 Å². The summed E-state index contributed by atoms with van der Waals surface area (Å²) in [7, 11) is -3.08. The molecule has 1 fully saturated rings. The number of rotatable bonds is 3. The van der Waals surface area contributed by atoms with E-state index in [-0.39, 0.29) is 18.1 Å². The van der Waals surface area contributed by atoms with Crippen LogP contribution in [-0.4, -0.2) is 42.8 Å². The van der Waals surface area contributed by atoms with Gasteiger partial charge in [0.25, 0.3) is 0 Å². The third kappa shape index (κ3) is 4.02. The van der Waals surface area contributed by atoms with E-state index in [2.05, 4.69) is 15.6 Å². The predicted octanol–water partition coefficient (Wildman–Crippen LogP) is -0.999. The molecule has 7 nitrogen and oxygen atoms in total. The van der Waals surface area contributed by atoms with Gasteiger partial charge in [0.15, 0.2) is 9.84 Å². The maximum atomic E-state index is 11.6. The highest BCUT2D eigenvalue weighted by Gasteiger charge is 2.30. The van der Waals surface area contributed by atoms with E-state index in [1.54, 1.807) is 24.4 Å². The summed E-state index contributed by atoms with van der Waals surface area (Å²) in [5, 5.41) is 4.85. The van der Waals surface area contributed by atoms with Crippen molar-refractivity contribution in [2.45, 2.75) is 19.0 Å². The van der Waals surface area contributed by atoms with Crippen LogP contribution in [0.1, 0.15) is 12.1 Å². The second kappa shape index (κ2) is 6.00. The van der Waals surface area contributed by atoms with Crippen molar-refractivity contribution in [3.63, 3.8) is 0 Å². The van der Waals surface area contributed by atoms with Crippen LogP contribution in [0.5, 0.6) is 0 Å². The van der Waals surface area contributed by atoms with Crippen molar-refractivity contribution in [3.8, 4) is 0 Å². The molecule has 1 aliphatic rings. The summed E-state index contributed by atoms with van der Waals surface area (Å²) in [5.41, 5.74) is 0.636. The van der Waals surface area contributed by atoms with Crippen LogP contribution < -0.4 is 10.6 Å². The summed E-state index contributed by atoms with van der Waals surface area (Å²) in [5.74, 6) is -1.66. The molecular weight excluding hydrogens is 282 g/mol. The van der Waals surface area contributed by atoms with E-state index in [9.17, 15) is 18.0 Å². The molecule has 0 bridgehead atoms. The van der Waals surface area contributed by atoms with Gasteiger partial charge in [0.2, 0.25) is 0 Å². The fraction of sp³-hybridized carbons (Fsp3) is 0.417. The minimum absolute atomic E-state index is 0.0491. The van der Waals surface area contributed by atoms with Gasteiger partial charge in [-0.3, -0.25) is 14.6 Å². The van der Waals surface area contributed by atoms with Crippen molar-refractivity contribution >= 4 is 21.7 Å². The molecule has 1 atom stereocenters. The van der Waals surface area contributed by atoms with Gasteiger partial charge >= 0.3 is 11.8 Å². The lowest BCUT2D eigenvalue weighted by atomic mass is 10.2. The standard InChI is InChI=1S/C12H15N3O4S/c16-11(14-7-9-3-1-2-5-13-9)12(17)15-10-4-6-20(18,19)8-10/h1-3,5,10H,4,6-8H2,(H,14,16)(H,15,17). The van der Waals surface area contributed by atoms with Crippen molar-refractivity contribution < 1.29 is 18.0 Å².